The van der Waals surface area contributed by atoms with E-state index >= 15 is 0 Å². The predicted molar refractivity (Wildman–Crippen MR) is 113 cm³/mol. The quantitative estimate of drug-likeness (QED) is 0.550. The number of sulfonamides is 1. The van der Waals surface area contributed by atoms with E-state index in [1.807, 2.05) is 12.1 Å². The minimum atomic E-state index is -3.99. The van der Waals surface area contributed by atoms with Gasteiger partial charge in [-0.1, -0.05) is 29.8 Å². The molecule has 29 heavy (non-hydrogen) atoms. The fourth-order valence-corrected chi connectivity index (χ4v) is 4.26. The number of hydrogen-bond donors (Lipinski definition) is 3. The molecular weight excluding hydrogens is 410 g/mol. The molecule has 1 aromatic heterocycles. The lowest BCUT2D eigenvalue weighted by molar-refractivity contribution is -0.115. The second-order valence-corrected chi connectivity index (χ2v) is 9.11. The number of nitrogens with two attached hydrogens (primary N) is 1. The van der Waals surface area contributed by atoms with E-state index in [4.69, 9.17) is 16.7 Å². The third-order valence-electron chi connectivity index (χ3n) is 4.90. The van der Waals surface area contributed by atoms with Crippen LogP contribution < -0.4 is 10.5 Å². The first kappa shape index (κ1) is 19.7. The van der Waals surface area contributed by atoms with Crippen LogP contribution in [0.1, 0.15) is 30.0 Å². The number of aromatic amines is 1. The topological polar surface area (TPSA) is 105 Å². The summed E-state index contributed by atoms with van der Waals surface area (Å²) in [4.78, 5) is 15.6. The highest BCUT2D eigenvalue weighted by molar-refractivity contribution is 7.89. The van der Waals surface area contributed by atoms with Crippen LogP contribution in [0.5, 0.6) is 0 Å². The molecule has 3 aromatic rings. The molecule has 1 heterocycles. The molecule has 6 nitrogen and oxygen atoms in total. The second kappa shape index (κ2) is 7.67. The number of primary sulfonamides is 1. The first-order chi connectivity index (χ1) is 13.8. The highest BCUT2D eigenvalue weighted by Crippen LogP contribution is 2.40. The van der Waals surface area contributed by atoms with Gasteiger partial charge in [0.15, 0.2) is 0 Å². The molecule has 0 unspecified atom stereocenters. The highest BCUT2D eigenvalue weighted by Gasteiger charge is 2.26. The number of aromatic nitrogens is 1. The Balaban J connectivity index is 1.60. The van der Waals surface area contributed by atoms with Crippen molar-refractivity contribution in [1.29, 1.82) is 0 Å². The van der Waals surface area contributed by atoms with Crippen molar-refractivity contribution >= 4 is 33.2 Å². The van der Waals surface area contributed by atoms with Crippen molar-refractivity contribution in [3.8, 4) is 11.3 Å². The van der Waals surface area contributed by atoms with Crippen LogP contribution in [0.4, 0.5) is 5.69 Å². The number of halogens is 1. The van der Waals surface area contributed by atoms with Crippen LogP contribution in [0, 0.1) is 0 Å². The maximum atomic E-state index is 12.4. The summed E-state index contributed by atoms with van der Waals surface area (Å²) in [6, 6.07) is 15.6. The van der Waals surface area contributed by atoms with Gasteiger partial charge in [-0.25, -0.2) is 13.6 Å². The number of carbonyl (C=O) groups is 1. The number of hydrogen-bond acceptors (Lipinski definition) is 3. The van der Waals surface area contributed by atoms with Crippen molar-refractivity contribution < 1.29 is 13.2 Å². The summed E-state index contributed by atoms with van der Waals surface area (Å²) in [5.74, 6) is 0.215. The average molecular weight is 430 g/mol. The van der Waals surface area contributed by atoms with Gasteiger partial charge in [0.2, 0.25) is 15.9 Å². The summed E-state index contributed by atoms with van der Waals surface area (Å²) in [5.41, 5.74) is 3.30. The molecule has 0 saturated heterocycles. The lowest BCUT2D eigenvalue weighted by atomic mass is 10.1. The zero-order chi connectivity index (χ0) is 20.6. The molecule has 1 aliphatic rings. The predicted octanol–water partition coefficient (Wildman–Crippen LogP) is 4.04. The fraction of sp³-hybridized carbons (Fsp3) is 0.190. The summed E-state index contributed by atoms with van der Waals surface area (Å²) < 4.78 is 24.4. The van der Waals surface area contributed by atoms with E-state index in [1.165, 1.54) is 6.07 Å². The maximum absolute atomic E-state index is 12.4. The summed E-state index contributed by atoms with van der Waals surface area (Å²) in [5, 5.41) is 8.66. The molecule has 4 N–H and O–H groups in total. The zero-order valence-corrected chi connectivity index (χ0v) is 17.1. The van der Waals surface area contributed by atoms with Crippen LogP contribution in [0.3, 0.4) is 0 Å². The van der Waals surface area contributed by atoms with E-state index in [0.29, 0.717) is 33.4 Å². The van der Waals surface area contributed by atoms with Gasteiger partial charge in [-0.3, -0.25) is 4.79 Å². The second-order valence-electron chi connectivity index (χ2n) is 7.17. The Morgan fingerprint density at radius 3 is 2.59 bits per heavy atom. The van der Waals surface area contributed by atoms with Gasteiger partial charge in [-0.05, 0) is 60.7 Å². The largest absolute Gasteiger partial charge is 0.358 e. The van der Waals surface area contributed by atoms with E-state index in [0.717, 1.165) is 18.5 Å². The number of carbonyl (C=O) groups excluding carboxylic acids is 1. The molecule has 8 heteroatoms. The number of rotatable bonds is 6. The molecule has 1 amide bonds. The van der Waals surface area contributed by atoms with Crippen LogP contribution in [0.2, 0.25) is 5.02 Å². The third kappa shape index (κ3) is 4.53. The van der Waals surface area contributed by atoms with Gasteiger partial charge in [0.05, 0.1) is 11.3 Å². The summed E-state index contributed by atoms with van der Waals surface area (Å²) in [6.45, 7) is 0. The highest BCUT2D eigenvalue weighted by atomic mass is 35.5. The van der Waals surface area contributed by atoms with E-state index in [2.05, 4.69) is 10.3 Å². The number of H-pyrrole nitrogens is 1. The standard InChI is InChI=1S/C21H20ClN3O3S/c22-17-4-2-1-3-14(17)11-21(26)24-15-7-8-16(20(12-15)29(23,27)28)19-10-9-18(25-19)13-5-6-13/h1-4,7-10,12-13,25H,5-6,11H2,(H,24,26)(H2,23,27,28). The smallest absolute Gasteiger partial charge is 0.238 e. The molecule has 0 aliphatic heterocycles. The lowest BCUT2D eigenvalue weighted by Crippen LogP contribution is -2.17. The summed E-state index contributed by atoms with van der Waals surface area (Å²) in [6.07, 6.45) is 2.35. The Labute approximate surface area is 174 Å². The lowest BCUT2D eigenvalue weighted by Gasteiger charge is -2.11. The Morgan fingerprint density at radius 1 is 1.14 bits per heavy atom. The summed E-state index contributed by atoms with van der Waals surface area (Å²) >= 11 is 6.09. The molecule has 2 aromatic carbocycles. The first-order valence-corrected chi connectivity index (χ1v) is 11.1. The van der Waals surface area contributed by atoms with Crippen molar-refractivity contribution in [3.05, 3.63) is 70.9 Å². The van der Waals surface area contributed by atoms with Gasteiger partial charge in [-0.2, -0.15) is 0 Å². The van der Waals surface area contributed by atoms with E-state index in [9.17, 15) is 13.2 Å². The first-order valence-electron chi connectivity index (χ1n) is 9.20. The maximum Gasteiger partial charge on any atom is 0.238 e. The Bertz CT molecular complexity index is 1180. The van der Waals surface area contributed by atoms with E-state index in [-0.39, 0.29) is 17.2 Å². The molecule has 1 aliphatic carbocycles. The number of nitrogens with one attached hydrogen (secondary N) is 2. The molecule has 1 saturated carbocycles. The van der Waals surface area contributed by atoms with E-state index in [1.54, 1.807) is 36.4 Å². The molecule has 0 bridgehead atoms. The van der Waals surface area contributed by atoms with Crippen LogP contribution in [-0.2, 0) is 21.2 Å². The molecular formula is C21H20ClN3O3S. The molecule has 0 atom stereocenters. The van der Waals surface area contributed by atoms with Gasteiger partial charge < -0.3 is 10.3 Å². The number of benzene rings is 2. The van der Waals surface area contributed by atoms with Gasteiger partial charge in [0.25, 0.3) is 0 Å². The number of amides is 1. The van der Waals surface area contributed by atoms with Crippen molar-refractivity contribution in [2.45, 2.75) is 30.1 Å². The molecule has 0 spiro atoms. The van der Waals surface area contributed by atoms with Crippen LogP contribution in [0.25, 0.3) is 11.3 Å². The summed E-state index contributed by atoms with van der Waals surface area (Å²) in [7, 11) is -3.99. The van der Waals surface area contributed by atoms with Gasteiger partial charge in [0, 0.05) is 27.7 Å². The van der Waals surface area contributed by atoms with Crippen molar-refractivity contribution in [2.75, 3.05) is 5.32 Å². The van der Waals surface area contributed by atoms with Crippen molar-refractivity contribution in [3.63, 3.8) is 0 Å². The molecule has 4 rings (SSSR count). The number of anilines is 1. The van der Waals surface area contributed by atoms with Crippen molar-refractivity contribution in [2.24, 2.45) is 5.14 Å². The van der Waals surface area contributed by atoms with E-state index < -0.39 is 10.0 Å². The SMILES string of the molecule is NS(=O)(=O)c1cc(NC(=O)Cc2ccccc2Cl)ccc1-c1ccc(C2CC2)[nH]1. The van der Waals surface area contributed by atoms with Crippen LogP contribution >= 0.6 is 11.6 Å². The van der Waals surface area contributed by atoms with Gasteiger partial charge >= 0.3 is 0 Å². The van der Waals surface area contributed by atoms with Crippen molar-refractivity contribution in [1.82, 2.24) is 4.98 Å². The minimum Gasteiger partial charge on any atom is -0.358 e. The Hall–Kier alpha value is -2.61. The molecule has 1 fully saturated rings. The molecule has 0 radical (unpaired) electrons. The molecule has 150 valence electrons. The van der Waals surface area contributed by atoms with Gasteiger partial charge in [0.1, 0.15) is 0 Å². The van der Waals surface area contributed by atoms with Gasteiger partial charge in [-0.15, -0.1) is 0 Å². The van der Waals surface area contributed by atoms with Crippen LogP contribution in [-0.4, -0.2) is 19.3 Å². The zero-order valence-electron chi connectivity index (χ0n) is 15.5. The normalized spacial score (nSPS) is 14.0. The minimum absolute atomic E-state index is 0.0442. The average Bonchev–Trinajstić information content (AvgIpc) is 3.40. The fourth-order valence-electron chi connectivity index (χ4n) is 3.28. The Kier molecular flexibility index (Phi) is 5.21. The monoisotopic (exact) mass is 429 g/mol. The van der Waals surface area contributed by atoms with Crippen LogP contribution in [0.15, 0.2) is 59.5 Å². The third-order valence-corrected chi connectivity index (χ3v) is 6.22. The Morgan fingerprint density at radius 2 is 1.90 bits per heavy atom.